The Balaban J connectivity index is 2.11. The van der Waals surface area contributed by atoms with Crippen LogP contribution in [0, 0.1) is 17.6 Å². The Bertz CT molecular complexity index is 779. The SMILES string of the molecule is CC(C)C[C@H](NC(N)=O)C(=O)Nc1nc(-c2ccc(F)c(F)c2)cs1. The number of aromatic nitrogens is 1. The van der Waals surface area contributed by atoms with Gasteiger partial charge in [-0.25, -0.2) is 18.6 Å². The van der Waals surface area contributed by atoms with Crippen LogP contribution in [0.15, 0.2) is 23.6 Å². The van der Waals surface area contributed by atoms with Gasteiger partial charge in [0.2, 0.25) is 5.91 Å². The lowest BCUT2D eigenvalue weighted by Crippen LogP contribution is -2.46. The number of nitrogens with one attached hydrogen (secondary N) is 2. The summed E-state index contributed by atoms with van der Waals surface area (Å²) in [6.45, 7) is 3.82. The molecule has 2 aromatic rings. The minimum absolute atomic E-state index is 0.164. The van der Waals surface area contributed by atoms with Crippen molar-refractivity contribution in [3.8, 4) is 11.3 Å². The van der Waals surface area contributed by atoms with Crippen molar-refractivity contribution in [2.24, 2.45) is 11.7 Å². The minimum Gasteiger partial charge on any atom is -0.352 e. The summed E-state index contributed by atoms with van der Waals surface area (Å²) in [5.41, 5.74) is 5.90. The molecule has 1 heterocycles. The molecule has 0 saturated heterocycles. The highest BCUT2D eigenvalue weighted by molar-refractivity contribution is 7.14. The van der Waals surface area contributed by atoms with Crippen LogP contribution in [0.25, 0.3) is 11.3 Å². The van der Waals surface area contributed by atoms with E-state index < -0.39 is 29.6 Å². The molecule has 0 radical (unpaired) electrons. The molecular weight excluding hydrogens is 350 g/mol. The average molecular weight is 368 g/mol. The van der Waals surface area contributed by atoms with Gasteiger partial charge >= 0.3 is 6.03 Å². The Kier molecular flexibility index (Phi) is 6.02. The van der Waals surface area contributed by atoms with Crippen molar-refractivity contribution in [2.45, 2.75) is 26.3 Å². The van der Waals surface area contributed by atoms with Crippen molar-refractivity contribution < 1.29 is 18.4 Å². The summed E-state index contributed by atoms with van der Waals surface area (Å²) in [5.74, 6) is -2.20. The van der Waals surface area contributed by atoms with Gasteiger partial charge in [-0.2, -0.15) is 0 Å². The van der Waals surface area contributed by atoms with Crippen LogP contribution < -0.4 is 16.4 Å². The zero-order valence-corrected chi connectivity index (χ0v) is 14.5. The smallest absolute Gasteiger partial charge is 0.312 e. The number of thiazole rings is 1. The van der Waals surface area contributed by atoms with Gasteiger partial charge in [0.1, 0.15) is 6.04 Å². The van der Waals surface area contributed by atoms with Crippen LogP contribution in [-0.4, -0.2) is 23.0 Å². The largest absolute Gasteiger partial charge is 0.352 e. The highest BCUT2D eigenvalue weighted by atomic mass is 32.1. The van der Waals surface area contributed by atoms with Crippen LogP contribution in [0.4, 0.5) is 18.7 Å². The molecule has 25 heavy (non-hydrogen) atoms. The molecule has 0 aliphatic rings. The van der Waals surface area contributed by atoms with Crippen LogP contribution in [0.1, 0.15) is 20.3 Å². The molecule has 9 heteroatoms. The number of nitrogens with zero attached hydrogens (tertiary/aromatic N) is 1. The third kappa shape index (κ3) is 5.21. The predicted molar refractivity (Wildman–Crippen MR) is 92.1 cm³/mol. The van der Waals surface area contributed by atoms with E-state index in [4.69, 9.17) is 5.73 Å². The molecule has 0 fully saturated rings. The topological polar surface area (TPSA) is 97.1 Å². The Morgan fingerprint density at radius 1 is 1.28 bits per heavy atom. The second kappa shape index (κ2) is 8.02. The zero-order chi connectivity index (χ0) is 18.6. The number of hydrogen-bond acceptors (Lipinski definition) is 4. The fourth-order valence-electron chi connectivity index (χ4n) is 2.19. The summed E-state index contributed by atoms with van der Waals surface area (Å²) in [6, 6.07) is 1.87. The number of carbonyl (C=O) groups is 2. The number of amides is 3. The fourth-order valence-corrected chi connectivity index (χ4v) is 2.91. The summed E-state index contributed by atoms with van der Waals surface area (Å²) >= 11 is 1.13. The van der Waals surface area contributed by atoms with E-state index in [0.29, 0.717) is 17.7 Å². The van der Waals surface area contributed by atoms with Gasteiger partial charge in [0.15, 0.2) is 16.8 Å². The molecule has 1 atom stereocenters. The third-order valence-corrected chi connectivity index (χ3v) is 4.05. The Morgan fingerprint density at radius 2 is 2.00 bits per heavy atom. The number of anilines is 1. The number of urea groups is 1. The summed E-state index contributed by atoms with van der Waals surface area (Å²) < 4.78 is 26.3. The molecule has 0 aliphatic carbocycles. The zero-order valence-electron chi connectivity index (χ0n) is 13.7. The van der Waals surface area contributed by atoms with E-state index >= 15 is 0 Å². The fraction of sp³-hybridized carbons (Fsp3) is 0.312. The minimum atomic E-state index is -0.973. The van der Waals surface area contributed by atoms with Gasteiger partial charge in [-0.05, 0) is 30.5 Å². The van der Waals surface area contributed by atoms with E-state index in [0.717, 1.165) is 23.5 Å². The monoisotopic (exact) mass is 368 g/mol. The number of primary amides is 1. The molecular formula is C16H18F2N4O2S. The normalized spacial score (nSPS) is 12.0. The molecule has 0 unspecified atom stereocenters. The number of carbonyl (C=O) groups excluding carboxylic acids is 2. The molecule has 1 aromatic heterocycles. The van der Waals surface area contributed by atoms with Gasteiger partial charge in [-0.3, -0.25) is 4.79 Å². The number of nitrogens with two attached hydrogens (primary N) is 1. The van der Waals surface area contributed by atoms with Crippen molar-refractivity contribution in [1.29, 1.82) is 0 Å². The van der Waals surface area contributed by atoms with E-state index in [2.05, 4.69) is 15.6 Å². The van der Waals surface area contributed by atoms with Crippen LogP contribution in [0.3, 0.4) is 0 Å². The summed E-state index contributed by atoms with van der Waals surface area (Å²) in [4.78, 5) is 27.5. The molecule has 6 nitrogen and oxygen atoms in total. The van der Waals surface area contributed by atoms with E-state index in [9.17, 15) is 18.4 Å². The summed E-state index contributed by atoms with van der Waals surface area (Å²) in [6.07, 6.45) is 0.413. The van der Waals surface area contributed by atoms with Crippen LogP contribution in [-0.2, 0) is 4.79 Å². The molecule has 0 saturated carbocycles. The molecule has 1 aromatic carbocycles. The maximum absolute atomic E-state index is 13.3. The second-order valence-corrected chi connectivity index (χ2v) is 6.70. The molecule has 0 spiro atoms. The highest BCUT2D eigenvalue weighted by Gasteiger charge is 2.22. The lowest BCUT2D eigenvalue weighted by Gasteiger charge is -2.18. The van der Waals surface area contributed by atoms with Crippen LogP contribution >= 0.6 is 11.3 Å². The lowest BCUT2D eigenvalue weighted by molar-refractivity contribution is -0.118. The van der Waals surface area contributed by atoms with Gasteiger partial charge < -0.3 is 16.4 Å². The number of rotatable bonds is 6. The van der Waals surface area contributed by atoms with Gasteiger partial charge in [-0.15, -0.1) is 11.3 Å². The first kappa shape index (κ1) is 18.8. The number of hydrogen-bond donors (Lipinski definition) is 3. The van der Waals surface area contributed by atoms with Crippen molar-refractivity contribution in [2.75, 3.05) is 5.32 Å². The molecule has 2 rings (SSSR count). The maximum Gasteiger partial charge on any atom is 0.312 e. The molecule has 0 bridgehead atoms. The number of benzene rings is 1. The first-order valence-corrected chi connectivity index (χ1v) is 8.42. The summed E-state index contributed by atoms with van der Waals surface area (Å²) in [7, 11) is 0. The Hall–Kier alpha value is -2.55. The van der Waals surface area contributed by atoms with Gasteiger partial charge in [0.25, 0.3) is 0 Å². The third-order valence-electron chi connectivity index (χ3n) is 3.29. The van der Waals surface area contributed by atoms with Crippen molar-refractivity contribution in [1.82, 2.24) is 10.3 Å². The van der Waals surface area contributed by atoms with E-state index in [1.165, 1.54) is 6.07 Å². The number of halogens is 2. The standard InChI is InChI=1S/C16H18F2N4O2S/c1-8(2)5-12(20-15(19)24)14(23)22-16-21-13(7-25-16)9-3-4-10(17)11(18)6-9/h3-4,6-8,12H,5H2,1-2H3,(H3,19,20,24)(H,21,22,23)/t12-/m0/s1. The molecule has 3 amide bonds. The second-order valence-electron chi connectivity index (χ2n) is 5.85. The predicted octanol–water partition coefficient (Wildman–Crippen LogP) is 3.11. The Labute approximate surface area is 147 Å². The molecule has 0 aliphatic heterocycles. The highest BCUT2D eigenvalue weighted by Crippen LogP contribution is 2.26. The van der Waals surface area contributed by atoms with Gasteiger partial charge in [0.05, 0.1) is 5.69 Å². The first-order valence-electron chi connectivity index (χ1n) is 7.54. The Morgan fingerprint density at radius 3 is 2.60 bits per heavy atom. The van der Waals surface area contributed by atoms with Crippen LogP contribution in [0.5, 0.6) is 0 Å². The van der Waals surface area contributed by atoms with Crippen molar-refractivity contribution >= 4 is 28.4 Å². The summed E-state index contributed by atoms with van der Waals surface area (Å²) in [5, 5.41) is 6.89. The average Bonchev–Trinajstić information content (AvgIpc) is 2.97. The molecule has 4 N–H and O–H groups in total. The van der Waals surface area contributed by atoms with Crippen molar-refractivity contribution in [3.05, 3.63) is 35.2 Å². The van der Waals surface area contributed by atoms with Gasteiger partial charge in [-0.1, -0.05) is 13.8 Å². The maximum atomic E-state index is 13.3. The van der Waals surface area contributed by atoms with E-state index in [-0.39, 0.29) is 11.0 Å². The van der Waals surface area contributed by atoms with Crippen LogP contribution in [0.2, 0.25) is 0 Å². The van der Waals surface area contributed by atoms with Gasteiger partial charge in [0, 0.05) is 10.9 Å². The van der Waals surface area contributed by atoms with Crippen molar-refractivity contribution in [3.63, 3.8) is 0 Å². The van der Waals surface area contributed by atoms with E-state index in [1.54, 1.807) is 5.38 Å². The first-order chi connectivity index (χ1) is 11.8. The molecule has 134 valence electrons. The van der Waals surface area contributed by atoms with E-state index in [1.807, 2.05) is 13.8 Å². The lowest BCUT2D eigenvalue weighted by atomic mass is 10.0. The quantitative estimate of drug-likeness (QED) is 0.731.